The predicted molar refractivity (Wildman–Crippen MR) is 49.0 cm³/mol. The molecular formula is C8H8N2OS. The number of furan rings is 1. The SMILES string of the molecule is Cc1cc(-c2nccs2)c(N)o1. The van der Waals surface area contributed by atoms with Gasteiger partial charge in [0.05, 0.1) is 5.56 Å². The van der Waals surface area contributed by atoms with Crippen molar-refractivity contribution in [3.8, 4) is 10.6 Å². The van der Waals surface area contributed by atoms with Crippen LogP contribution in [0.5, 0.6) is 0 Å². The third-order valence-electron chi connectivity index (χ3n) is 1.55. The Balaban J connectivity index is 2.54. The molecule has 3 nitrogen and oxygen atoms in total. The quantitative estimate of drug-likeness (QED) is 0.732. The van der Waals surface area contributed by atoms with Gasteiger partial charge in [-0.15, -0.1) is 11.3 Å². The standard InChI is InChI=1S/C8H8N2OS/c1-5-4-6(7(9)11-5)8-10-2-3-12-8/h2-4H,9H2,1H3. The Morgan fingerprint density at radius 3 is 2.92 bits per heavy atom. The number of hydrogen-bond acceptors (Lipinski definition) is 4. The van der Waals surface area contributed by atoms with E-state index < -0.39 is 0 Å². The third kappa shape index (κ3) is 1.10. The van der Waals surface area contributed by atoms with Crippen LogP contribution in [-0.4, -0.2) is 4.98 Å². The zero-order chi connectivity index (χ0) is 8.55. The summed E-state index contributed by atoms with van der Waals surface area (Å²) >= 11 is 1.55. The van der Waals surface area contributed by atoms with Crippen molar-refractivity contribution in [3.05, 3.63) is 23.4 Å². The zero-order valence-electron chi connectivity index (χ0n) is 6.57. The van der Waals surface area contributed by atoms with Crippen LogP contribution in [0.15, 0.2) is 22.1 Å². The van der Waals surface area contributed by atoms with Crippen molar-refractivity contribution >= 4 is 17.2 Å². The van der Waals surface area contributed by atoms with Crippen molar-refractivity contribution < 1.29 is 4.42 Å². The Kier molecular flexibility index (Phi) is 1.62. The lowest BCUT2D eigenvalue weighted by Gasteiger charge is -1.88. The van der Waals surface area contributed by atoms with Crippen molar-refractivity contribution in [2.24, 2.45) is 0 Å². The summed E-state index contributed by atoms with van der Waals surface area (Å²) in [6.45, 7) is 1.87. The van der Waals surface area contributed by atoms with Crippen LogP contribution in [0.2, 0.25) is 0 Å². The number of aryl methyl sites for hydroxylation is 1. The molecule has 62 valence electrons. The number of rotatable bonds is 1. The van der Waals surface area contributed by atoms with Gasteiger partial charge in [0.25, 0.3) is 0 Å². The van der Waals surface area contributed by atoms with E-state index in [1.807, 2.05) is 18.4 Å². The first-order chi connectivity index (χ1) is 5.77. The molecule has 2 heterocycles. The monoisotopic (exact) mass is 180 g/mol. The fourth-order valence-electron chi connectivity index (χ4n) is 1.06. The number of nitrogens with two attached hydrogens (primary N) is 1. The molecule has 2 rings (SSSR count). The Morgan fingerprint density at radius 1 is 1.58 bits per heavy atom. The Bertz CT molecular complexity index is 378. The largest absolute Gasteiger partial charge is 0.446 e. The molecule has 0 aliphatic rings. The molecule has 0 saturated carbocycles. The van der Waals surface area contributed by atoms with Gasteiger partial charge in [0.2, 0.25) is 5.88 Å². The lowest BCUT2D eigenvalue weighted by atomic mass is 10.3. The van der Waals surface area contributed by atoms with E-state index in [2.05, 4.69) is 4.98 Å². The van der Waals surface area contributed by atoms with Crippen LogP contribution in [0.25, 0.3) is 10.6 Å². The Hall–Kier alpha value is -1.29. The van der Waals surface area contributed by atoms with E-state index in [-0.39, 0.29) is 0 Å². The van der Waals surface area contributed by atoms with Crippen molar-refractivity contribution in [2.45, 2.75) is 6.92 Å². The van der Waals surface area contributed by atoms with E-state index in [0.29, 0.717) is 5.88 Å². The summed E-state index contributed by atoms with van der Waals surface area (Å²) in [6, 6.07) is 1.90. The molecule has 0 unspecified atom stereocenters. The molecule has 0 aliphatic heterocycles. The normalized spacial score (nSPS) is 10.4. The summed E-state index contributed by atoms with van der Waals surface area (Å²) in [5.41, 5.74) is 6.52. The first-order valence-corrected chi connectivity index (χ1v) is 4.41. The predicted octanol–water partition coefficient (Wildman–Crippen LogP) is 2.29. The van der Waals surface area contributed by atoms with Gasteiger partial charge in [-0.2, -0.15) is 0 Å². The van der Waals surface area contributed by atoms with Crippen LogP contribution < -0.4 is 5.73 Å². The van der Waals surface area contributed by atoms with Gasteiger partial charge in [0.1, 0.15) is 10.8 Å². The maximum absolute atomic E-state index is 5.63. The molecule has 0 bridgehead atoms. The molecule has 0 saturated heterocycles. The van der Waals surface area contributed by atoms with E-state index in [4.69, 9.17) is 10.2 Å². The van der Waals surface area contributed by atoms with Crippen LogP contribution in [0.4, 0.5) is 5.88 Å². The second-order valence-electron chi connectivity index (χ2n) is 2.47. The van der Waals surface area contributed by atoms with Gasteiger partial charge < -0.3 is 10.2 Å². The van der Waals surface area contributed by atoms with Crippen LogP contribution in [0, 0.1) is 6.92 Å². The topological polar surface area (TPSA) is 52.0 Å². The molecule has 2 aromatic heterocycles. The summed E-state index contributed by atoms with van der Waals surface area (Å²) < 4.78 is 5.18. The van der Waals surface area contributed by atoms with E-state index in [9.17, 15) is 0 Å². The van der Waals surface area contributed by atoms with Gasteiger partial charge in [-0.05, 0) is 13.0 Å². The van der Waals surface area contributed by atoms with Gasteiger partial charge in [-0.1, -0.05) is 0 Å². The molecule has 2 N–H and O–H groups in total. The van der Waals surface area contributed by atoms with Gasteiger partial charge in [-0.3, -0.25) is 0 Å². The van der Waals surface area contributed by atoms with Gasteiger partial charge >= 0.3 is 0 Å². The molecule has 0 atom stereocenters. The lowest BCUT2D eigenvalue weighted by Crippen LogP contribution is -1.82. The number of hydrogen-bond donors (Lipinski definition) is 1. The summed E-state index contributed by atoms with van der Waals surface area (Å²) in [5, 5.41) is 2.82. The van der Waals surface area contributed by atoms with Crippen LogP contribution in [0.3, 0.4) is 0 Å². The molecule has 12 heavy (non-hydrogen) atoms. The van der Waals surface area contributed by atoms with E-state index >= 15 is 0 Å². The van der Waals surface area contributed by atoms with Gasteiger partial charge in [0.15, 0.2) is 0 Å². The minimum atomic E-state index is 0.447. The highest BCUT2D eigenvalue weighted by Crippen LogP contribution is 2.30. The van der Waals surface area contributed by atoms with Gasteiger partial charge in [0, 0.05) is 11.6 Å². The molecule has 0 spiro atoms. The number of nitrogens with zero attached hydrogens (tertiary/aromatic N) is 1. The molecule has 4 heteroatoms. The average molecular weight is 180 g/mol. The van der Waals surface area contributed by atoms with Gasteiger partial charge in [-0.25, -0.2) is 4.98 Å². The van der Waals surface area contributed by atoms with Crippen LogP contribution in [-0.2, 0) is 0 Å². The number of nitrogen functional groups attached to an aromatic ring is 1. The van der Waals surface area contributed by atoms with E-state index in [1.54, 1.807) is 17.5 Å². The van der Waals surface area contributed by atoms with Crippen molar-refractivity contribution in [3.63, 3.8) is 0 Å². The van der Waals surface area contributed by atoms with Crippen molar-refractivity contribution in [1.82, 2.24) is 4.98 Å². The first kappa shape index (κ1) is 7.36. The maximum atomic E-state index is 5.63. The molecular weight excluding hydrogens is 172 g/mol. The fraction of sp³-hybridized carbons (Fsp3) is 0.125. The minimum absolute atomic E-state index is 0.447. The lowest BCUT2D eigenvalue weighted by molar-refractivity contribution is 0.554. The van der Waals surface area contributed by atoms with Crippen molar-refractivity contribution in [2.75, 3.05) is 5.73 Å². The molecule has 0 amide bonds. The van der Waals surface area contributed by atoms with Crippen LogP contribution >= 0.6 is 11.3 Å². The van der Waals surface area contributed by atoms with E-state index in [1.165, 1.54) is 0 Å². The molecule has 0 radical (unpaired) electrons. The van der Waals surface area contributed by atoms with Crippen LogP contribution in [0.1, 0.15) is 5.76 Å². The highest BCUT2D eigenvalue weighted by molar-refractivity contribution is 7.13. The fourth-order valence-corrected chi connectivity index (χ4v) is 1.71. The van der Waals surface area contributed by atoms with Crippen molar-refractivity contribution in [1.29, 1.82) is 0 Å². The Morgan fingerprint density at radius 2 is 2.42 bits per heavy atom. The number of anilines is 1. The van der Waals surface area contributed by atoms with E-state index in [0.717, 1.165) is 16.3 Å². The molecule has 0 fully saturated rings. The first-order valence-electron chi connectivity index (χ1n) is 3.53. The second kappa shape index (κ2) is 2.64. The highest BCUT2D eigenvalue weighted by Gasteiger charge is 2.09. The summed E-state index contributed by atoms with van der Waals surface area (Å²) in [4.78, 5) is 4.14. The molecule has 2 aromatic rings. The zero-order valence-corrected chi connectivity index (χ0v) is 7.39. The summed E-state index contributed by atoms with van der Waals surface area (Å²) in [6.07, 6.45) is 1.75. The summed E-state index contributed by atoms with van der Waals surface area (Å²) in [5.74, 6) is 1.26. The number of aromatic nitrogens is 1. The average Bonchev–Trinajstić information content (AvgIpc) is 2.58. The number of thiazole rings is 1. The maximum Gasteiger partial charge on any atom is 0.200 e. The Labute approximate surface area is 73.8 Å². The second-order valence-corrected chi connectivity index (χ2v) is 3.37. The molecule has 0 aliphatic carbocycles. The third-order valence-corrected chi connectivity index (χ3v) is 2.35. The smallest absolute Gasteiger partial charge is 0.200 e. The summed E-state index contributed by atoms with van der Waals surface area (Å²) in [7, 11) is 0. The highest BCUT2D eigenvalue weighted by atomic mass is 32.1. The minimum Gasteiger partial charge on any atom is -0.446 e. The molecule has 0 aromatic carbocycles.